The average molecular weight is 329 g/mol. The molecule has 2 N–H and O–H groups in total. The predicted molar refractivity (Wildman–Crippen MR) is 90.3 cm³/mol. The quantitative estimate of drug-likeness (QED) is 0.759. The molecule has 0 aliphatic carbocycles. The van der Waals surface area contributed by atoms with Crippen LogP contribution in [0.1, 0.15) is 10.4 Å². The Hall–Kier alpha value is -2.79. The SMILES string of the molecule is Cn1c(O)c(C(=O)Nc2ccccc2)c2cc(Cl)ccc2c1=O. The molecule has 116 valence electrons. The van der Waals surface area contributed by atoms with Crippen molar-refractivity contribution >= 4 is 34.0 Å². The van der Waals surface area contributed by atoms with Gasteiger partial charge < -0.3 is 10.4 Å². The Balaban J connectivity index is 2.22. The van der Waals surface area contributed by atoms with Gasteiger partial charge in [-0.3, -0.25) is 14.2 Å². The first-order valence-corrected chi connectivity index (χ1v) is 7.24. The molecular formula is C17H13ClN2O3. The molecule has 0 unspecified atom stereocenters. The number of nitrogens with one attached hydrogen (secondary N) is 1. The van der Waals surface area contributed by atoms with E-state index in [9.17, 15) is 14.7 Å². The van der Waals surface area contributed by atoms with Gasteiger partial charge in [0.15, 0.2) is 0 Å². The summed E-state index contributed by atoms with van der Waals surface area (Å²) in [6, 6.07) is 13.5. The van der Waals surface area contributed by atoms with Gasteiger partial charge in [0, 0.05) is 28.5 Å². The van der Waals surface area contributed by atoms with Crippen LogP contribution < -0.4 is 10.9 Å². The first-order chi connectivity index (χ1) is 11.0. The number of aromatic hydroxyl groups is 1. The number of halogens is 1. The van der Waals surface area contributed by atoms with Crippen LogP contribution >= 0.6 is 11.6 Å². The van der Waals surface area contributed by atoms with E-state index in [0.29, 0.717) is 21.5 Å². The van der Waals surface area contributed by atoms with Crippen molar-refractivity contribution in [3.05, 3.63) is 69.5 Å². The molecule has 3 aromatic rings. The summed E-state index contributed by atoms with van der Waals surface area (Å²) in [6.45, 7) is 0. The lowest BCUT2D eigenvalue weighted by atomic mass is 10.1. The summed E-state index contributed by atoms with van der Waals surface area (Å²) >= 11 is 5.98. The molecule has 0 saturated carbocycles. The van der Waals surface area contributed by atoms with Gasteiger partial charge in [0.25, 0.3) is 11.5 Å². The van der Waals surface area contributed by atoms with Crippen LogP contribution in [-0.4, -0.2) is 15.6 Å². The van der Waals surface area contributed by atoms with Gasteiger partial charge in [0.05, 0.1) is 0 Å². The highest BCUT2D eigenvalue weighted by Crippen LogP contribution is 2.27. The van der Waals surface area contributed by atoms with E-state index in [-0.39, 0.29) is 5.56 Å². The minimum atomic E-state index is -0.517. The molecule has 0 bridgehead atoms. The highest BCUT2D eigenvalue weighted by atomic mass is 35.5. The zero-order valence-corrected chi connectivity index (χ0v) is 13.0. The summed E-state index contributed by atoms with van der Waals surface area (Å²) in [5.41, 5.74) is 0.194. The molecule has 0 saturated heterocycles. The highest BCUT2D eigenvalue weighted by Gasteiger charge is 2.20. The number of anilines is 1. The standard InChI is InChI=1S/C17H13ClN2O3/c1-20-16(22)12-8-7-10(18)9-13(12)14(17(20)23)15(21)19-11-5-3-2-4-6-11/h2-9,23H,1H3,(H,19,21). The van der Waals surface area contributed by atoms with E-state index < -0.39 is 17.3 Å². The van der Waals surface area contributed by atoms with Crippen molar-refractivity contribution in [1.29, 1.82) is 0 Å². The molecule has 6 heteroatoms. The summed E-state index contributed by atoms with van der Waals surface area (Å²) in [5, 5.41) is 14.0. The molecule has 0 fully saturated rings. The van der Waals surface area contributed by atoms with Crippen LogP contribution in [0, 0.1) is 0 Å². The molecule has 3 rings (SSSR count). The van der Waals surface area contributed by atoms with E-state index >= 15 is 0 Å². The molecule has 2 aromatic carbocycles. The van der Waals surface area contributed by atoms with Crippen molar-refractivity contribution < 1.29 is 9.90 Å². The van der Waals surface area contributed by atoms with Crippen molar-refractivity contribution in [2.45, 2.75) is 0 Å². The maximum absolute atomic E-state index is 12.6. The highest BCUT2D eigenvalue weighted by molar-refractivity contribution is 6.31. The maximum Gasteiger partial charge on any atom is 0.261 e. The first kappa shape index (κ1) is 15.1. The van der Waals surface area contributed by atoms with Gasteiger partial charge in [-0.1, -0.05) is 29.8 Å². The lowest BCUT2D eigenvalue weighted by Crippen LogP contribution is -2.22. The number of carbonyl (C=O) groups excluding carboxylic acids is 1. The molecule has 1 amide bonds. The molecule has 1 aromatic heterocycles. The van der Waals surface area contributed by atoms with E-state index in [4.69, 9.17) is 11.6 Å². The zero-order valence-electron chi connectivity index (χ0n) is 12.2. The lowest BCUT2D eigenvalue weighted by Gasteiger charge is -2.13. The largest absolute Gasteiger partial charge is 0.494 e. The first-order valence-electron chi connectivity index (χ1n) is 6.86. The van der Waals surface area contributed by atoms with Gasteiger partial charge in [-0.15, -0.1) is 0 Å². The maximum atomic E-state index is 12.6. The van der Waals surface area contributed by atoms with Crippen molar-refractivity contribution in [1.82, 2.24) is 4.57 Å². The van der Waals surface area contributed by atoms with Crippen LogP contribution in [0.3, 0.4) is 0 Å². The molecule has 23 heavy (non-hydrogen) atoms. The third-order valence-electron chi connectivity index (χ3n) is 3.59. The van der Waals surface area contributed by atoms with E-state index in [1.165, 1.54) is 13.1 Å². The molecule has 0 atom stereocenters. The fourth-order valence-electron chi connectivity index (χ4n) is 2.41. The Bertz CT molecular complexity index is 965. The van der Waals surface area contributed by atoms with Gasteiger partial charge in [-0.25, -0.2) is 0 Å². The zero-order chi connectivity index (χ0) is 16.6. The van der Waals surface area contributed by atoms with E-state index in [2.05, 4.69) is 5.32 Å². The summed E-state index contributed by atoms with van der Waals surface area (Å²) in [6.07, 6.45) is 0. The lowest BCUT2D eigenvalue weighted by molar-refractivity contribution is 0.102. The van der Waals surface area contributed by atoms with Crippen molar-refractivity contribution in [3.63, 3.8) is 0 Å². The Labute approximate surface area is 136 Å². The van der Waals surface area contributed by atoms with Crippen LogP contribution in [0.2, 0.25) is 5.02 Å². The fourth-order valence-corrected chi connectivity index (χ4v) is 2.59. The predicted octanol–water partition coefficient (Wildman–Crippen LogP) is 3.15. The van der Waals surface area contributed by atoms with Crippen molar-refractivity contribution in [2.24, 2.45) is 7.05 Å². The topological polar surface area (TPSA) is 71.3 Å². The number of para-hydroxylation sites is 1. The summed E-state index contributed by atoms with van der Waals surface area (Å²) in [5.74, 6) is -0.922. The number of aromatic nitrogens is 1. The second-order valence-corrected chi connectivity index (χ2v) is 5.51. The van der Waals surface area contributed by atoms with Gasteiger partial charge in [0.2, 0.25) is 5.88 Å². The van der Waals surface area contributed by atoms with Crippen LogP contribution in [0.5, 0.6) is 5.88 Å². The average Bonchev–Trinajstić information content (AvgIpc) is 2.53. The third kappa shape index (κ3) is 2.66. The number of carbonyl (C=O) groups is 1. The monoisotopic (exact) mass is 328 g/mol. The van der Waals surface area contributed by atoms with Gasteiger partial charge in [-0.2, -0.15) is 0 Å². The molecular weight excluding hydrogens is 316 g/mol. The van der Waals surface area contributed by atoms with Crippen molar-refractivity contribution in [3.8, 4) is 5.88 Å². The second-order valence-electron chi connectivity index (χ2n) is 5.07. The molecule has 5 nitrogen and oxygen atoms in total. The number of fused-ring (bicyclic) bond motifs is 1. The Morgan fingerprint density at radius 2 is 1.83 bits per heavy atom. The minimum absolute atomic E-state index is 0.00783. The Morgan fingerprint density at radius 1 is 1.13 bits per heavy atom. The summed E-state index contributed by atoms with van der Waals surface area (Å²) < 4.78 is 1.04. The van der Waals surface area contributed by atoms with E-state index in [1.54, 1.807) is 36.4 Å². The number of amides is 1. The molecule has 0 aliphatic rings. The number of hydrogen-bond donors (Lipinski definition) is 2. The van der Waals surface area contributed by atoms with Gasteiger partial charge in [-0.05, 0) is 30.3 Å². The van der Waals surface area contributed by atoms with Crippen LogP contribution in [0.25, 0.3) is 10.8 Å². The number of nitrogens with zero attached hydrogens (tertiary/aromatic N) is 1. The molecule has 0 spiro atoms. The fraction of sp³-hybridized carbons (Fsp3) is 0.0588. The van der Waals surface area contributed by atoms with E-state index in [0.717, 1.165) is 4.57 Å². The van der Waals surface area contributed by atoms with Crippen LogP contribution in [-0.2, 0) is 7.05 Å². The number of pyridine rings is 1. The van der Waals surface area contributed by atoms with Crippen LogP contribution in [0.15, 0.2) is 53.3 Å². The summed E-state index contributed by atoms with van der Waals surface area (Å²) in [7, 11) is 1.41. The third-order valence-corrected chi connectivity index (χ3v) is 3.82. The Morgan fingerprint density at radius 3 is 2.52 bits per heavy atom. The second kappa shape index (κ2) is 5.78. The normalized spacial score (nSPS) is 10.7. The molecule has 0 aliphatic heterocycles. The molecule has 0 radical (unpaired) electrons. The minimum Gasteiger partial charge on any atom is -0.494 e. The Kier molecular flexibility index (Phi) is 3.80. The summed E-state index contributed by atoms with van der Waals surface area (Å²) in [4.78, 5) is 24.8. The number of hydrogen-bond acceptors (Lipinski definition) is 3. The number of benzene rings is 2. The van der Waals surface area contributed by atoms with Gasteiger partial charge in [0.1, 0.15) is 5.56 Å². The smallest absolute Gasteiger partial charge is 0.261 e. The van der Waals surface area contributed by atoms with Crippen LogP contribution in [0.4, 0.5) is 5.69 Å². The van der Waals surface area contributed by atoms with E-state index in [1.807, 2.05) is 6.07 Å². The number of rotatable bonds is 2. The molecule has 1 heterocycles. The van der Waals surface area contributed by atoms with Gasteiger partial charge >= 0.3 is 0 Å². The van der Waals surface area contributed by atoms with Crippen molar-refractivity contribution in [2.75, 3.05) is 5.32 Å².